The molecule has 4 nitrogen and oxygen atoms in total. The fourth-order valence-electron chi connectivity index (χ4n) is 5.15. The van der Waals surface area contributed by atoms with E-state index in [1.807, 2.05) is 0 Å². The fourth-order valence-corrected chi connectivity index (χ4v) is 5.15. The summed E-state index contributed by atoms with van der Waals surface area (Å²) < 4.78 is 39.6. The van der Waals surface area contributed by atoms with Gasteiger partial charge in [-0.05, 0) is 66.0 Å². The van der Waals surface area contributed by atoms with E-state index in [1.54, 1.807) is 6.07 Å². The van der Waals surface area contributed by atoms with Crippen LogP contribution in [-0.4, -0.2) is 19.0 Å². The lowest BCUT2D eigenvalue weighted by Crippen LogP contribution is -2.38. The molecule has 35 heavy (non-hydrogen) atoms. The maximum absolute atomic E-state index is 13.2. The van der Waals surface area contributed by atoms with Gasteiger partial charge in [-0.15, -0.1) is 0 Å². The molecule has 0 spiro atoms. The number of alkyl halides is 3. The molecule has 1 heterocycles. The van der Waals surface area contributed by atoms with Crippen LogP contribution < -0.4 is 10.2 Å². The number of halogens is 3. The lowest BCUT2D eigenvalue weighted by atomic mass is 9.72. The van der Waals surface area contributed by atoms with E-state index in [9.17, 15) is 18.0 Å². The van der Waals surface area contributed by atoms with Gasteiger partial charge < -0.3 is 10.2 Å². The molecule has 1 aliphatic rings. The zero-order valence-electron chi connectivity index (χ0n) is 21.1. The third-order valence-corrected chi connectivity index (χ3v) is 6.56. The molecule has 0 radical (unpaired) electrons. The second-order valence-corrected chi connectivity index (χ2v) is 11.3. The molecule has 0 saturated carbocycles. The molecule has 2 aromatic carbocycles. The van der Waals surface area contributed by atoms with Crippen molar-refractivity contribution >= 4 is 17.3 Å². The van der Waals surface area contributed by atoms with E-state index in [2.05, 4.69) is 69.1 Å². The first-order valence-corrected chi connectivity index (χ1v) is 12.0. The van der Waals surface area contributed by atoms with Crippen LogP contribution in [0.4, 0.5) is 24.5 Å². The van der Waals surface area contributed by atoms with Gasteiger partial charge >= 0.3 is 6.18 Å². The Bertz CT molecular complexity index is 1080. The van der Waals surface area contributed by atoms with Crippen LogP contribution in [0.2, 0.25) is 0 Å². The van der Waals surface area contributed by atoms with E-state index in [-0.39, 0.29) is 28.3 Å². The minimum atomic E-state index is -4.66. The molecule has 1 fully saturated rings. The highest BCUT2D eigenvalue weighted by Crippen LogP contribution is 2.37. The van der Waals surface area contributed by atoms with Gasteiger partial charge in [-0.1, -0.05) is 46.8 Å². The van der Waals surface area contributed by atoms with Crippen LogP contribution in [0.15, 0.2) is 42.5 Å². The Labute approximate surface area is 206 Å². The Hall–Kier alpha value is -3.01. The highest BCUT2D eigenvalue weighted by Gasteiger charge is 2.34. The summed E-state index contributed by atoms with van der Waals surface area (Å²) in [5.74, 6) is -0.567. The summed E-state index contributed by atoms with van der Waals surface area (Å²) in [7, 11) is 0. The Morgan fingerprint density at radius 3 is 2.14 bits per heavy atom. The van der Waals surface area contributed by atoms with E-state index in [0.717, 1.165) is 24.2 Å². The second-order valence-electron chi connectivity index (χ2n) is 11.3. The fraction of sp³-hybridized carbons (Fsp3) is 0.500. The van der Waals surface area contributed by atoms with Gasteiger partial charge in [0, 0.05) is 30.4 Å². The highest BCUT2D eigenvalue weighted by atomic mass is 19.4. The van der Waals surface area contributed by atoms with Gasteiger partial charge in [-0.3, -0.25) is 4.79 Å². The molecule has 0 aliphatic carbocycles. The van der Waals surface area contributed by atoms with E-state index >= 15 is 0 Å². The number of hydrogen-bond donors (Lipinski definition) is 1. The van der Waals surface area contributed by atoms with Crippen molar-refractivity contribution in [1.82, 2.24) is 0 Å². The van der Waals surface area contributed by atoms with E-state index < -0.39 is 17.3 Å². The summed E-state index contributed by atoms with van der Waals surface area (Å²) in [6.07, 6.45) is -2.35. The molecule has 7 heteroatoms. The lowest BCUT2D eigenvalue weighted by Gasteiger charge is -2.35. The first kappa shape index (κ1) is 26.6. The van der Waals surface area contributed by atoms with Crippen molar-refractivity contribution in [3.8, 4) is 6.07 Å². The van der Waals surface area contributed by atoms with Crippen LogP contribution in [-0.2, 0) is 16.4 Å². The second kappa shape index (κ2) is 9.93. The van der Waals surface area contributed by atoms with Crippen molar-refractivity contribution < 1.29 is 18.0 Å². The molecule has 188 valence electrons. The van der Waals surface area contributed by atoms with Gasteiger partial charge in [0.25, 0.3) is 0 Å². The Kier molecular flexibility index (Phi) is 7.54. The Balaban J connectivity index is 1.60. The van der Waals surface area contributed by atoms with E-state index in [4.69, 9.17) is 5.26 Å². The van der Waals surface area contributed by atoms with Gasteiger partial charge in [0.2, 0.25) is 5.91 Å². The number of benzene rings is 2. The molecule has 3 rings (SSSR count). The Morgan fingerprint density at radius 2 is 1.63 bits per heavy atom. The minimum Gasteiger partial charge on any atom is -0.371 e. The van der Waals surface area contributed by atoms with Crippen LogP contribution in [0.5, 0.6) is 0 Å². The van der Waals surface area contributed by atoms with Crippen molar-refractivity contribution in [3.05, 3.63) is 59.2 Å². The quantitative estimate of drug-likeness (QED) is 0.489. The van der Waals surface area contributed by atoms with Crippen LogP contribution in [0.3, 0.4) is 0 Å². The SMILES string of the molecule is CC(C)(C)CC(C)(C)c1ccc(N2CCC(C(=O)Nc3ccc(C#N)c(C(F)(F)F)c3)CC2)cc1. The van der Waals surface area contributed by atoms with Gasteiger partial charge in [0.1, 0.15) is 0 Å². The lowest BCUT2D eigenvalue weighted by molar-refractivity contribution is -0.137. The molecular formula is C28H34F3N3O. The minimum absolute atomic E-state index is 0.0530. The molecule has 1 amide bonds. The first-order valence-electron chi connectivity index (χ1n) is 12.0. The van der Waals surface area contributed by atoms with Crippen molar-refractivity contribution in [2.24, 2.45) is 11.3 Å². The molecule has 1 aliphatic heterocycles. The maximum Gasteiger partial charge on any atom is 0.417 e. The number of carbonyl (C=O) groups excluding carboxylic acids is 1. The van der Waals surface area contributed by atoms with Crippen LogP contribution in [0.25, 0.3) is 0 Å². The Morgan fingerprint density at radius 1 is 1.03 bits per heavy atom. The number of piperidine rings is 1. The predicted octanol–water partition coefficient (Wildman–Crippen LogP) is 7.15. The summed E-state index contributed by atoms with van der Waals surface area (Å²) in [6.45, 7) is 12.7. The zero-order valence-corrected chi connectivity index (χ0v) is 21.1. The zero-order chi connectivity index (χ0) is 26.0. The summed E-state index contributed by atoms with van der Waals surface area (Å²) >= 11 is 0. The topological polar surface area (TPSA) is 56.1 Å². The standard InChI is InChI=1S/C28H34F3N3O/c1-26(2,3)18-27(4,5)21-7-10-23(11-8-21)34-14-12-19(13-15-34)25(35)33-22-9-6-20(17-32)24(16-22)28(29,30)31/h6-11,16,19H,12-15,18H2,1-5H3,(H,33,35). The molecule has 0 atom stereocenters. The largest absolute Gasteiger partial charge is 0.417 e. The van der Waals surface area contributed by atoms with Gasteiger partial charge in [-0.25, -0.2) is 0 Å². The average molecular weight is 486 g/mol. The normalized spacial score (nSPS) is 15.6. The smallest absolute Gasteiger partial charge is 0.371 e. The summed E-state index contributed by atoms with van der Waals surface area (Å²) in [5, 5.41) is 11.5. The van der Waals surface area contributed by atoms with Crippen molar-refractivity contribution in [1.29, 1.82) is 5.26 Å². The highest BCUT2D eigenvalue weighted by molar-refractivity contribution is 5.93. The third kappa shape index (κ3) is 6.78. The van der Waals surface area contributed by atoms with Crippen molar-refractivity contribution in [2.75, 3.05) is 23.3 Å². The summed E-state index contributed by atoms with van der Waals surface area (Å²) in [5.41, 5.74) is 1.26. The third-order valence-electron chi connectivity index (χ3n) is 6.56. The van der Waals surface area contributed by atoms with Crippen molar-refractivity contribution in [3.63, 3.8) is 0 Å². The molecule has 0 unspecified atom stereocenters. The molecule has 2 aromatic rings. The van der Waals surface area contributed by atoms with Crippen LogP contribution in [0, 0.1) is 22.7 Å². The predicted molar refractivity (Wildman–Crippen MR) is 133 cm³/mol. The van der Waals surface area contributed by atoms with E-state index in [1.165, 1.54) is 11.6 Å². The average Bonchev–Trinajstić information content (AvgIpc) is 2.77. The summed E-state index contributed by atoms with van der Waals surface area (Å²) in [6, 6.07) is 13.4. The number of amides is 1. The maximum atomic E-state index is 13.2. The van der Waals surface area contributed by atoms with Crippen LogP contribution in [0.1, 0.15) is 70.6 Å². The van der Waals surface area contributed by atoms with Gasteiger partial charge in [-0.2, -0.15) is 18.4 Å². The number of hydrogen-bond acceptors (Lipinski definition) is 3. The number of nitrogens with zero attached hydrogens (tertiary/aromatic N) is 2. The number of nitrogens with one attached hydrogen (secondary N) is 1. The number of rotatable bonds is 5. The summed E-state index contributed by atoms with van der Waals surface area (Å²) in [4.78, 5) is 15.0. The number of nitriles is 1. The van der Waals surface area contributed by atoms with E-state index in [0.29, 0.717) is 25.9 Å². The van der Waals surface area contributed by atoms with Gasteiger partial charge in [0.05, 0.1) is 17.2 Å². The van der Waals surface area contributed by atoms with Crippen molar-refractivity contribution in [2.45, 2.75) is 65.5 Å². The molecule has 0 aromatic heterocycles. The van der Waals surface area contributed by atoms with Crippen LogP contribution >= 0.6 is 0 Å². The monoisotopic (exact) mass is 485 g/mol. The molecule has 0 bridgehead atoms. The number of carbonyl (C=O) groups is 1. The first-order chi connectivity index (χ1) is 16.2. The van der Waals surface area contributed by atoms with Gasteiger partial charge in [0.15, 0.2) is 0 Å². The molecule has 1 saturated heterocycles. The number of anilines is 2. The molecule has 1 N–H and O–H groups in total. The molecular weight excluding hydrogens is 451 g/mol.